The van der Waals surface area contributed by atoms with Crippen molar-refractivity contribution in [1.82, 2.24) is 4.90 Å². The van der Waals surface area contributed by atoms with E-state index in [1.165, 1.54) is 38.5 Å². The lowest BCUT2D eigenvalue weighted by Gasteiger charge is -2.31. The quantitative estimate of drug-likeness (QED) is 0.354. The zero-order chi connectivity index (χ0) is 20.9. The van der Waals surface area contributed by atoms with Crippen molar-refractivity contribution in [3.8, 4) is 5.75 Å². The second-order valence-corrected chi connectivity index (χ2v) is 7.91. The Kier molecular flexibility index (Phi) is 10.6. The summed E-state index contributed by atoms with van der Waals surface area (Å²) in [4.78, 5) is 26.9. The molecule has 2 rings (SSSR count). The predicted molar refractivity (Wildman–Crippen MR) is 115 cm³/mol. The largest absolute Gasteiger partial charge is 0.496 e. The fourth-order valence-electron chi connectivity index (χ4n) is 3.84. The van der Waals surface area contributed by atoms with E-state index in [9.17, 15) is 9.59 Å². The van der Waals surface area contributed by atoms with Crippen molar-refractivity contribution >= 4 is 11.9 Å². The third kappa shape index (κ3) is 7.71. The number of piperidine rings is 1. The summed E-state index contributed by atoms with van der Waals surface area (Å²) in [5, 5.41) is 0. The van der Waals surface area contributed by atoms with Crippen LogP contribution in [0.5, 0.6) is 5.75 Å². The highest BCUT2D eigenvalue weighted by Crippen LogP contribution is 2.24. The molecule has 1 aromatic carbocycles. The number of para-hydroxylation sites is 1. The third-order valence-corrected chi connectivity index (χ3v) is 5.70. The van der Waals surface area contributed by atoms with Gasteiger partial charge >= 0.3 is 5.97 Å². The van der Waals surface area contributed by atoms with Crippen molar-refractivity contribution < 1.29 is 19.1 Å². The number of unbranched alkanes of at least 4 members (excludes halogenated alkanes) is 7. The first kappa shape index (κ1) is 23.2. The Bertz CT molecular complexity index is 623. The Balaban J connectivity index is 1.62. The standard InChI is InChI=1S/C24H37NO4/c1-3-4-5-6-7-8-9-12-19-29-24(27)20-15-17-25(18-16-20)23(26)21-13-10-11-14-22(21)28-2/h10-11,13-14,20H,3-9,12,15-19H2,1-2H3. The summed E-state index contributed by atoms with van der Waals surface area (Å²) in [6, 6.07) is 7.27. The van der Waals surface area contributed by atoms with Crippen LogP contribution in [0.3, 0.4) is 0 Å². The maximum atomic E-state index is 12.7. The molecule has 1 aromatic rings. The van der Waals surface area contributed by atoms with E-state index in [4.69, 9.17) is 9.47 Å². The number of carbonyl (C=O) groups excluding carboxylic acids is 2. The summed E-state index contributed by atoms with van der Waals surface area (Å²) in [6.45, 7) is 3.91. The van der Waals surface area contributed by atoms with Crippen LogP contribution in [-0.4, -0.2) is 43.6 Å². The van der Waals surface area contributed by atoms with Gasteiger partial charge in [-0.1, -0.05) is 64.0 Å². The Morgan fingerprint density at radius 2 is 1.59 bits per heavy atom. The molecule has 29 heavy (non-hydrogen) atoms. The summed E-state index contributed by atoms with van der Waals surface area (Å²) in [7, 11) is 1.57. The van der Waals surface area contributed by atoms with E-state index in [2.05, 4.69) is 6.92 Å². The Labute approximate surface area is 175 Å². The molecule has 1 aliphatic heterocycles. The molecule has 1 heterocycles. The molecule has 0 saturated carbocycles. The maximum Gasteiger partial charge on any atom is 0.309 e. The minimum absolute atomic E-state index is 0.0341. The van der Waals surface area contributed by atoms with Crippen LogP contribution >= 0.6 is 0 Å². The van der Waals surface area contributed by atoms with Gasteiger partial charge in [-0.2, -0.15) is 0 Å². The summed E-state index contributed by atoms with van der Waals surface area (Å²) in [5.41, 5.74) is 0.575. The molecule has 0 N–H and O–H groups in total. The van der Waals surface area contributed by atoms with Gasteiger partial charge in [0.25, 0.3) is 5.91 Å². The zero-order valence-corrected chi connectivity index (χ0v) is 18.2. The van der Waals surface area contributed by atoms with Crippen molar-refractivity contribution in [3.63, 3.8) is 0 Å². The molecule has 0 spiro atoms. The van der Waals surface area contributed by atoms with Gasteiger partial charge in [-0.05, 0) is 31.4 Å². The van der Waals surface area contributed by atoms with E-state index in [1.54, 1.807) is 24.1 Å². The number of hydrogen-bond donors (Lipinski definition) is 0. The van der Waals surface area contributed by atoms with Crippen molar-refractivity contribution in [3.05, 3.63) is 29.8 Å². The summed E-state index contributed by atoms with van der Waals surface area (Å²) in [5.74, 6) is 0.362. The van der Waals surface area contributed by atoms with Crippen LogP contribution in [0, 0.1) is 5.92 Å². The number of ether oxygens (including phenoxy) is 2. The summed E-state index contributed by atoms with van der Waals surface area (Å²) < 4.78 is 10.8. The molecular formula is C24H37NO4. The van der Waals surface area contributed by atoms with Crippen LogP contribution in [0.25, 0.3) is 0 Å². The topological polar surface area (TPSA) is 55.8 Å². The van der Waals surface area contributed by atoms with Gasteiger partial charge in [0.1, 0.15) is 5.75 Å². The number of esters is 1. The number of likely N-dealkylation sites (tertiary alicyclic amines) is 1. The molecule has 0 bridgehead atoms. The van der Waals surface area contributed by atoms with Gasteiger partial charge in [-0.25, -0.2) is 0 Å². The minimum Gasteiger partial charge on any atom is -0.496 e. The molecule has 0 aromatic heterocycles. The predicted octanol–water partition coefficient (Wildman–Crippen LogP) is 5.23. The van der Waals surface area contributed by atoms with Crippen LogP contribution in [-0.2, 0) is 9.53 Å². The molecule has 1 aliphatic rings. The van der Waals surface area contributed by atoms with Gasteiger partial charge in [-0.15, -0.1) is 0 Å². The molecular weight excluding hydrogens is 366 g/mol. The zero-order valence-electron chi connectivity index (χ0n) is 18.2. The third-order valence-electron chi connectivity index (χ3n) is 5.70. The first-order chi connectivity index (χ1) is 14.2. The molecule has 162 valence electrons. The van der Waals surface area contributed by atoms with Gasteiger partial charge in [0.05, 0.1) is 25.2 Å². The van der Waals surface area contributed by atoms with Gasteiger partial charge in [0.2, 0.25) is 0 Å². The molecule has 1 fully saturated rings. The average molecular weight is 404 g/mol. The van der Waals surface area contributed by atoms with Crippen LogP contribution in [0.1, 0.15) is 81.5 Å². The van der Waals surface area contributed by atoms with E-state index >= 15 is 0 Å². The van der Waals surface area contributed by atoms with E-state index in [1.807, 2.05) is 12.1 Å². The Morgan fingerprint density at radius 1 is 0.966 bits per heavy atom. The highest BCUT2D eigenvalue weighted by atomic mass is 16.5. The molecule has 0 unspecified atom stereocenters. The lowest BCUT2D eigenvalue weighted by molar-refractivity contribution is -0.150. The van der Waals surface area contributed by atoms with E-state index < -0.39 is 0 Å². The van der Waals surface area contributed by atoms with Gasteiger partial charge in [0, 0.05) is 13.1 Å². The SMILES string of the molecule is CCCCCCCCCCOC(=O)C1CCN(C(=O)c2ccccc2OC)CC1. The van der Waals surface area contributed by atoms with Gasteiger partial charge < -0.3 is 14.4 Å². The monoisotopic (exact) mass is 403 g/mol. The molecule has 5 heteroatoms. The van der Waals surface area contributed by atoms with Crippen LogP contribution in [0.15, 0.2) is 24.3 Å². The Morgan fingerprint density at radius 3 is 2.24 bits per heavy atom. The summed E-state index contributed by atoms with van der Waals surface area (Å²) >= 11 is 0. The Hall–Kier alpha value is -2.04. The number of hydrogen-bond acceptors (Lipinski definition) is 4. The van der Waals surface area contributed by atoms with Crippen molar-refractivity contribution in [2.75, 3.05) is 26.8 Å². The van der Waals surface area contributed by atoms with E-state index in [0.29, 0.717) is 43.9 Å². The first-order valence-electron chi connectivity index (χ1n) is 11.3. The molecule has 0 radical (unpaired) electrons. The van der Waals surface area contributed by atoms with E-state index in [-0.39, 0.29) is 17.8 Å². The highest BCUT2D eigenvalue weighted by Gasteiger charge is 2.29. The first-order valence-corrected chi connectivity index (χ1v) is 11.3. The molecule has 0 atom stereocenters. The maximum absolute atomic E-state index is 12.7. The van der Waals surface area contributed by atoms with Crippen LogP contribution < -0.4 is 4.74 Å². The van der Waals surface area contributed by atoms with E-state index in [0.717, 1.165) is 12.8 Å². The number of benzene rings is 1. The van der Waals surface area contributed by atoms with Crippen LogP contribution in [0.4, 0.5) is 0 Å². The lowest BCUT2D eigenvalue weighted by Crippen LogP contribution is -2.40. The number of amides is 1. The smallest absolute Gasteiger partial charge is 0.309 e. The lowest BCUT2D eigenvalue weighted by atomic mass is 9.96. The highest BCUT2D eigenvalue weighted by molar-refractivity contribution is 5.97. The molecule has 0 aliphatic carbocycles. The fourth-order valence-corrected chi connectivity index (χ4v) is 3.84. The second-order valence-electron chi connectivity index (χ2n) is 7.91. The van der Waals surface area contributed by atoms with Crippen LogP contribution in [0.2, 0.25) is 0 Å². The number of rotatable bonds is 12. The number of nitrogens with zero attached hydrogens (tertiary/aromatic N) is 1. The fraction of sp³-hybridized carbons (Fsp3) is 0.667. The van der Waals surface area contributed by atoms with Gasteiger partial charge in [-0.3, -0.25) is 9.59 Å². The summed E-state index contributed by atoms with van der Waals surface area (Å²) in [6.07, 6.45) is 11.2. The minimum atomic E-state index is -0.0997. The van der Waals surface area contributed by atoms with Crippen molar-refractivity contribution in [2.45, 2.75) is 71.1 Å². The molecule has 1 amide bonds. The van der Waals surface area contributed by atoms with Crippen molar-refractivity contribution in [2.24, 2.45) is 5.92 Å². The normalized spacial score (nSPS) is 14.6. The van der Waals surface area contributed by atoms with Gasteiger partial charge in [0.15, 0.2) is 0 Å². The van der Waals surface area contributed by atoms with Crippen molar-refractivity contribution in [1.29, 1.82) is 0 Å². The number of methoxy groups -OCH3 is 1. The molecule has 5 nitrogen and oxygen atoms in total. The molecule has 1 saturated heterocycles. The second kappa shape index (κ2) is 13.2. The number of carbonyl (C=O) groups is 2. The average Bonchev–Trinajstić information content (AvgIpc) is 2.77.